The Morgan fingerprint density at radius 1 is 1.17 bits per heavy atom. The molecule has 4 nitrogen and oxygen atoms in total. The molecule has 0 bridgehead atoms. The highest BCUT2D eigenvalue weighted by Crippen LogP contribution is 2.26. The molecule has 118 valence electrons. The van der Waals surface area contributed by atoms with Gasteiger partial charge < -0.3 is 15.0 Å². The fraction of sp³-hybridized carbons (Fsp3) is 0.211. The maximum absolute atomic E-state index is 12.1. The van der Waals surface area contributed by atoms with Gasteiger partial charge in [0.1, 0.15) is 5.75 Å². The predicted octanol–water partition coefficient (Wildman–Crippen LogP) is 3.46. The SMILES string of the molecule is COc1ccc2[nH]c(C)c(CCNC(=O)c3ccccc3)c2c1. The first kappa shape index (κ1) is 15.2. The minimum Gasteiger partial charge on any atom is -0.497 e. The molecular weight excluding hydrogens is 288 g/mol. The molecule has 0 atom stereocenters. The molecule has 3 rings (SSSR count). The zero-order chi connectivity index (χ0) is 16.2. The predicted molar refractivity (Wildman–Crippen MR) is 92.1 cm³/mol. The van der Waals surface area contributed by atoms with Gasteiger partial charge in [-0.05, 0) is 49.2 Å². The average molecular weight is 308 g/mol. The summed E-state index contributed by atoms with van der Waals surface area (Å²) in [7, 11) is 1.67. The summed E-state index contributed by atoms with van der Waals surface area (Å²) in [4.78, 5) is 15.5. The van der Waals surface area contributed by atoms with Crippen molar-refractivity contribution in [3.63, 3.8) is 0 Å². The van der Waals surface area contributed by atoms with Gasteiger partial charge in [-0.15, -0.1) is 0 Å². The lowest BCUT2D eigenvalue weighted by Crippen LogP contribution is -2.25. The second-order valence-electron chi connectivity index (χ2n) is 5.51. The van der Waals surface area contributed by atoms with E-state index in [4.69, 9.17) is 4.74 Å². The van der Waals surface area contributed by atoms with Crippen LogP contribution in [0.1, 0.15) is 21.6 Å². The van der Waals surface area contributed by atoms with E-state index < -0.39 is 0 Å². The van der Waals surface area contributed by atoms with Gasteiger partial charge in [-0.3, -0.25) is 4.79 Å². The number of aromatic amines is 1. The van der Waals surface area contributed by atoms with Crippen LogP contribution in [0.5, 0.6) is 5.75 Å². The second kappa shape index (κ2) is 6.57. The van der Waals surface area contributed by atoms with Crippen LogP contribution in [0.3, 0.4) is 0 Å². The summed E-state index contributed by atoms with van der Waals surface area (Å²) in [6, 6.07) is 15.3. The Bertz CT molecular complexity index is 822. The first-order valence-corrected chi connectivity index (χ1v) is 7.67. The summed E-state index contributed by atoms with van der Waals surface area (Å²) < 4.78 is 5.30. The molecule has 4 heteroatoms. The molecule has 0 fully saturated rings. The van der Waals surface area contributed by atoms with Crippen LogP contribution < -0.4 is 10.1 Å². The molecule has 3 aromatic rings. The lowest BCUT2D eigenvalue weighted by Gasteiger charge is -2.06. The van der Waals surface area contributed by atoms with Crippen molar-refractivity contribution in [2.45, 2.75) is 13.3 Å². The molecule has 2 aromatic carbocycles. The quantitative estimate of drug-likeness (QED) is 0.758. The first-order valence-electron chi connectivity index (χ1n) is 7.67. The number of rotatable bonds is 5. The summed E-state index contributed by atoms with van der Waals surface area (Å²) in [6.07, 6.45) is 0.775. The number of nitrogens with one attached hydrogen (secondary N) is 2. The molecule has 1 heterocycles. The minimum atomic E-state index is -0.0410. The van der Waals surface area contributed by atoms with Crippen molar-refractivity contribution in [1.29, 1.82) is 0 Å². The van der Waals surface area contributed by atoms with Crippen molar-refractivity contribution in [2.24, 2.45) is 0 Å². The zero-order valence-corrected chi connectivity index (χ0v) is 13.3. The van der Waals surface area contributed by atoms with Gasteiger partial charge in [0, 0.05) is 28.7 Å². The van der Waals surface area contributed by atoms with E-state index in [9.17, 15) is 4.79 Å². The molecule has 2 N–H and O–H groups in total. The standard InChI is InChI=1S/C19H20N2O2/c1-13-16(17-12-15(23-2)8-9-18(17)21-13)10-11-20-19(22)14-6-4-3-5-7-14/h3-9,12,21H,10-11H2,1-2H3,(H,20,22). The maximum atomic E-state index is 12.1. The Kier molecular flexibility index (Phi) is 4.33. The molecule has 1 amide bonds. The third kappa shape index (κ3) is 3.21. The van der Waals surface area contributed by atoms with Gasteiger partial charge in [0.15, 0.2) is 0 Å². The molecule has 0 unspecified atom stereocenters. The van der Waals surface area contributed by atoms with Gasteiger partial charge in [0.25, 0.3) is 5.91 Å². The van der Waals surface area contributed by atoms with Crippen molar-refractivity contribution < 1.29 is 9.53 Å². The van der Waals surface area contributed by atoms with Crippen molar-refractivity contribution in [3.8, 4) is 5.75 Å². The van der Waals surface area contributed by atoms with E-state index in [1.54, 1.807) is 7.11 Å². The number of carbonyl (C=O) groups is 1. The molecular formula is C19H20N2O2. The fourth-order valence-corrected chi connectivity index (χ4v) is 2.80. The topological polar surface area (TPSA) is 54.1 Å². The van der Waals surface area contributed by atoms with Crippen LogP contribution in [-0.2, 0) is 6.42 Å². The lowest BCUT2D eigenvalue weighted by molar-refractivity contribution is 0.0954. The normalized spacial score (nSPS) is 10.7. The Labute approximate surface area is 135 Å². The monoisotopic (exact) mass is 308 g/mol. The first-order chi connectivity index (χ1) is 11.2. The molecule has 0 spiro atoms. The number of fused-ring (bicyclic) bond motifs is 1. The van der Waals surface area contributed by atoms with Crippen LogP contribution >= 0.6 is 0 Å². The van der Waals surface area contributed by atoms with Gasteiger partial charge >= 0.3 is 0 Å². The van der Waals surface area contributed by atoms with E-state index in [1.807, 2.05) is 48.5 Å². The highest BCUT2D eigenvalue weighted by Gasteiger charge is 2.10. The molecule has 0 radical (unpaired) electrons. The molecule has 0 aliphatic rings. The summed E-state index contributed by atoms with van der Waals surface area (Å²) in [5.74, 6) is 0.798. The van der Waals surface area contributed by atoms with Gasteiger partial charge in [-0.2, -0.15) is 0 Å². The number of hydrogen-bond acceptors (Lipinski definition) is 2. The number of ether oxygens (including phenoxy) is 1. The second-order valence-corrected chi connectivity index (χ2v) is 5.51. The van der Waals surface area contributed by atoms with E-state index >= 15 is 0 Å². The smallest absolute Gasteiger partial charge is 0.251 e. The van der Waals surface area contributed by atoms with Gasteiger partial charge in [-0.1, -0.05) is 18.2 Å². The van der Waals surface area contributed by atoms with E-state index in [0.717, 1.165) is 28.8 Å². The zero-order valence-electron chi connectivity index (χ0n) is 13.3. The summed E-state index contributed by atoms with van der Waals surface area (Å²) in [6.45, 7) is 2.65. The number of aryl methyl sites for hydroxylation is 1. The molecule has 0 aliphatic heterocycles. The third-order valence-electron chi connectivity index (χ3n) is 4.02. The van der Waals surface area contributed by atoms with Crippen LogP contribution in [0.4, 0.5) is 0 Å². The number of amides is 1. The third-order valence-corrected chi connectivity index (χ3v) is 4.02. The highest BCUT2D eigenvalue weighted by molar-refractivity contribution is 5.94. The van der Waals surface area contributed by atoms with E-state index in [2.05, 4.69) is 17.2 Å². The Balaban J connectivity index is 1.72. The van der Waals surface area contributed by atoms with Gasteiger partial charge in [0.2, 0.25) is 0 Å². The van der Waals surface area contributed by atoms with Gasteiger partial charge in [-0.25, -0.2) is 0 Å². The summed E-state index contributed by atoms with van der Waals surface area (Å²) in [5.41, 5.74) is 4.12. The largest absolute Gasteiger partial charge is 0.497 e. The average Bonchev–Trinajstić information content (AvgIpc) is 2.90. The fourth-order valence-electron chi connectivity index (χ4n) is 2.80. The number of aromatic nitrogens is 1. The number of H-pyrrole nitrogens is 1. The lowest BCUT2D eigenvalue weighted by atomic mass is 10.1. The van der Waals surface area contributed by atoms with Crippen molar-refractivity contribution >= 4 is 16.8 Å². The minimum absolute atomic E-state index is 0.0410. The van der Waals surface area contributed by atoms with Crippen molar-refractivity contribution in [3.05, 3.63) is 65.4 Å². The van der Waals surface area contributed by atoms with Crippen molar-refractivity contribution in [2.75, 3.05) is 13.7 Å². The maximum Gasteiger partial charge on any atom is 0.251 e. The Morgan fingerprint density at radius 2 is 1.96 bits per heavy atom. The summed E-state index contributed by atoms with van der Waals surface area (Å²) in [5, 5.41) is 4.12. The highest BCUT2D eigenvalue weighted by atomic mass is 16.5. The van der Waals surface area contributed by atoms with Crippen LogP contribution in [0.2, 0.25) is 0 Å². The van der Waals surface area contributed by atoms with Gasteiger partial charge in [0.05, 0.1) is 7.11 Å². The molecule has 0 saturated heterocycles. The Morgan fingerprint density at radius 3 is 2.70 bits per heavy atom. The van der Waals surface area contributed by atoms with Crippen LogP contribution in [0.25, 0.3) is 10.9 Å². The van der Waals surface area contributed by atoms with E-state index in [0.29, 0.717) is 12.1 Å². The van der Waals surface area contributed by atoms with Crippen LogP contribution in [0.15, 0.2) is 48.5 Å². The van der Waals surface area contributed by atoms with E-state index in [-0.39, 0.29) is 5.91 Å². The molecule has 23 heavy (non-hydrogen) atoms. The summed E-state index contributed by atoms with van der Waals surface area (Å²) >= 11 is 0. The van der Waals surface area contributed by atoms with Crippen molar-refractivity contribution in [1.82, 2.24) is 10.3 Å². The number of carbonyl (C=O) groups excluding carboxylic acids is 1. The number of methoxy groups -OCH3 is 1. The van der Waals surface area contributed by atoms with Crippen LogP contribution in [0, 0.1) is 6.92 Å². The number of hydrogen-bond donors (Lipinski definition) is 2. The number of benzene rings is 2. The molecule has 0 aliphatic carbocycles. The molecule has 0 saturated carbocycles. The van der Waals surface area contributed by atoms with E-state index in [1.165, 1.54) is 5.56 Å². The van der Waals surface area contributed by atoms with Crippen LogP contribution in [-0.4, -0.2) is 24.5 Å². The molecule has 1 aromatic heterocycles. The Hall–Kier alpha value is -2.75.